The second-order valence-electron chi connectivity index (χ2n) is 3.47. The Bertz CT molecular complexity index is 538. The number of pyridine rings is 1. The number of carbonyl (C=O) groups excluding carboxylic acids is 1. The first-order valence-corrected chi connectivity index (χ1v) is 5.95. The smallest absolute Gasteiger partial charge is 0.275 e. The molecule has 3 N–H and O–H groups in total. The van der Waals surface area contributed by atoms with Gasteiger partial charge in [-0.05, 0) is 19.1 Å². The first-order chi connectivity index (χ1) is 8.19. The van der Waals surface area contributed by atoms with Crippen molar-refractivity contribution in [3.05, 3.63) is 40.1 Å². The van der Waals surface area contributed by atoms with Gasteiger partial charge in [0.15, 0.2) is 0 Å². The largest absolute Gasteiger partial charge is 0.325 e. The highest BCUT2D eigenvalue weighted by Gasteiger charge is 2.10. The van der Waals surface area contributed by atoms with E-state index in [4.69, 9.17) is 5.73 Å². The van der Waals surface area contributed by atoms with Crippen molar-refractivity contribution in [1.82, 2.24) is 9.97 Å². The molecule has 88 valence electrons. The lowest BCUT2D eigenvalue weighted by molar-refractivity contribution is 0.102. The monoisotopic (exact) mass is 248 g/mol. The number of nitrogens with two attached hydrogens (primary N) is 1. The second kappa shape index (κ2) is 5.03. The third kappa shape index (κ3) is 2.86. The van der Waals surface area contributed by atoms with Gasteiger partial charge in [-0.1, -0.05) is 0 Å². The van der Waals surface area contributed by atoms with Crippen molar-refractivity contribution in [3.8, 4) is 0 Å². The molecule has 2 aromatic rings. The molecule has 0 bridgehead atoms. The summed E-state index contributed by atoms with van der Waals surface area (Å²) in [6, 6.07) is 3.54. The van der Waals surface area contributed by atoms with Gasteiger partial charge < -0.3 is 11.1 Å². The summed E-state index contributed by atoms with van der Waals surface area (Å²) in [4.78, 5) is 20.0. The summed E-state index contributed by atoms with van der Waals surface area (Å²) in [6.45, 7) is 2.22. The number of aryl methyl sites for hydroxylation is 1. The van der Waals surface area contributed by atoms with Gasteiger partial charge in [-0.15, -0.1) is 11.3 Å². The average Bonchev–Trinajstić information content (AvgIpc) is 2.77. The molecule has 0 fully saturated rings. The van der Waals surface area contributed by atoms with Crippen molar-refractivity contribution in [1.29, 1.82) is 0 Å². The summed E-state index contributed by atoms with van der Waals surface area (Å²) < 4.78 is 0. The lowest BCUT2D eigenvalue weighted by atomic mass is 10.3. The van der Waals surface area contributed by atoms with Crippen LogP contribution < -0.4 is 11.1 Å². The lowest BCUT2D eigenvalue weighted by Gasteiger charge is -2.03. The minimum atomic E-state index is -0.230. The molecule has 0 aliphatic rings. The van der Waals surface area contributed by atoms with Crippen molar-refractivity contribution in [2.75, 3.05) is 5.32 Å². The Kier molecular flexibility index (Phi) is 3.46. The van der Waals surface area contributed by atoms with Crippen molar-refractivity contribution in [3.63, 3.8) is 0 Å². The molecule has 5 nitrogen and oxygen atoms in total. The van der Waals surface area contributed by atoms with E-state index in [1.165, 1.54) is 11.3 Å². The maximum atomic E-state index is 11.8. The first-order valence-electron chi connectivity index (χ1n) is 5.07. The molecule has 17 heavy (non-hydrogen) atoms. The van der Waals surface area contributed by atoms with E-state index in [1.807, 2.05) is 6.92 Å². The van der Waals surface area contributed by atoms with Gasteiger partial charge in [0.1, 0.15) is 10.7 Å². The van der Waals surface area contributed by atoms with Crippen LogP contribution in [0.15, 0.2) is 23.7 Å². The Hall–Kier alpha value is -1.79. The number of carbonyl (C=O) groups is 1. The molecule has 0 saturated heterocycles. The lowest BCUT2D eigenvalue weighted by Crippen LogP contribution is -2.12. The maximum Gasteiger partial charge on any atom is 0.275 e. The van der Waals surface area contributed by atoms with E-state index in [-0.39, 0.29) is 5.91 Å². The summed E-state index contributed by atoms with van der Waals surface area (Å²) >= 11 is 1.38. The third-order valence-corrected chi connectivity index (χ3v) is 2.98. The van der Waals surface area contributed by atoms with Crippen LogP contribution in [0.1, 0.15) is 21.2 Å². The van der Waals surface area contributed by atoms with Gasteiger partial charge in [-0.3, -0.25) is 9.78 Å². The van der Waals surface area contributed by atoms with Crippen LogP contribution in [-0.2, 0) is 6.54 Å². The van der Waals surface area contributed by atoms with Crippen LogP contribution in [0.25, 0.3) is 0 Å². The van der Waals surface area contributed by atoms with Gasteiger partial charge >= 0.3 is 0 Å². The highest BCUT2D eigenvalue weighted by atomic mass is 32.1. The minimum absolute atomic E-state index is 0.230. The molecule has 0 aliphatic heterocycles. The SMILES string of the molecule is Cc1cc(NC(=O)c2csc(CN)n2)ccn1. The Morgan fingerprint density at radius 3 is 3.06 bits per heavy atom. The molecule has 0 spiro atoms. The number of nitrogens with one attached hydrogen (secondary N) is 1. The molecule has 2 aromatic heterocycles. The van der Waals surface area contributed by atoms with Crippen LogP contribution in [0.4, 0.5) is 5.69 Å². The standard InChI is InChI=1S/C11H12N4OS/c1-7-4-8(2-3-13-7)14-11(16)9-6-17-10(5-12)15-9/h2-4,6H,5,12H2,1H3,(H,13,14,16). The van der Waals surface area contributed by atoms with E-state index >= 15 is 0 Å². The molecule has 0 aromatic carbocycles. The van der Waals surface area contributed by atoms with Gasteiger partial charge in [-0.2, -0.15) is 0 Å². The van der Waals surface area contributed by atoms with Gasteiger partial charge in [0.2, 0.25) is 0 Å². The van der Waals surface area contributed by atoms with Crippen LogP contribution in [0.3, 0.4) is 0 Å². The quantitative estimate of drug-likeness (QED) is 0.863. The molecule has 2 heterocycles. The molecule has 0 atom stereocenters. The van der Waals surface area contributed by atoms with Crippen LogP contribution in [0, 0.1) is 6.92 Å². The molecule has 1 amide bonds. The van der Waals surface area contributed by atoms with E-state index in [1.54, 1.807) is 23.7 Å². The summed E-state index contributed by atoms with van der Waals surface area (Å²) in [5.74, 6) is -0.230. The zero-order chi connectivity index (χ0) is 12.3. The zero-order valence-electron chi connectivity index (χ0n) is 9.30. The predicted molar refractivity (Wildman–Crippen MR) is 66.9 cm³/mol. The molecule has 0 saturated carbocycles. The Morgan fingerprint density at radius 1 is 1.59 bits per heavy atom. The summed E-state index contributed by atoms with van der Waals surface area (Å²) in [5.41, 5.74) is 7.40. The van der Waals surface area contributed by atoms with Gasteiger partial charge in [0.25, 0.3) is 5.91 Å². The molecule has 0 unspecified atom stereocenters. The molecular formula is C11H12N4OS. The van der Waals surface area contributed by atoms with Crippen molar-refractivity contribution >= 4 is 22.9 Å². The molecular weight excluding hydrogens is 236 g/mol. The van der Waals surface area contributed by atoms with Crippen molar-refractivity contribution < 1.29 is 4.79 Å². The molecule has 0 aliphatic carbocycles. The fourth-order valence-corrected chi connectivity index (χ4v) is 1.98. The zero-order valence-corrected chi connectivity index (χ0v) is 10.1. The van der Waals surface area contributed by atoms with E-state index < -0.39 is 0 Å². The number of thiazole rings is 1. The van der Waals surface area contributed by atoms with Gasteiger partial charge in [0, 0.05) is 29.5 Å². The summed E-state index contributed by atoms with van der Waals surface area (Å²) in [6.07, 6.45) is 1.65. The van der Waals surface area contributed by atoms with Crippen LogP contribution in [-0.4, -0.2) is 15.9 Å². The van der Waals surface area contributed by atoms with E-state index in [0.29, 0.717) is 17.9 Å². The normalized spacial score (nSPS) is 10.2. The van der Waals surface area contributed by atoms with Crippen LogP contribution in [0.5, 0.6) is 0 Å². The van der Waals surface area contributed by atoms with E-state index in [0.717, 1.165) is 10.7 Å². The Labute approximate surface area is 103 Å². The minimum Gasteiger partial charge on any atom is -0.325 e. The highest BCUT2D eigenvalue weighted by Crippen LogP contribution is 2.12. The number of hydrogen-bond acceptors (Lipinski definition) is 5. The van der Waals surface area contributed by atoms with Crippen LogP contribution >= 0.6 is 11.3 Å². The molecule has 2 rings (SSSR count). The maximum absolute atomic E-state index is 11.8. The molecule has 6 heteroatoms. The van der Waals surface area contributed by atoms with E-state index in [2.05, 4.69) is 15.3 Å². The second-order valence-corrected chi connectivity index (χ2v) is 4.41. The van der Waals surface area contributed by atoms with Gasteiger partial charge in [-0.25, -0.2) is 4.98 Å². The van der Waals surface area contributed by atoms with Crippen molar-refractivity contribution in [2.45, 2.75) is 13.5 Å². The number of amides is 1. The fraction of sp³-hybridized carbons (Fsp3) is 0.182. The topological polar surface area (TPSA) is 80.9 Å². The Morgan fingerprint density at radius 2 is 2.41 bits per heavy atom. The summed E-state index contributed by atoms with van der Waals surface area (Å²) in [5, 5.41) is 5.21. The number of rotatable bonds is 3. The molecule has 0 radical (unpaired) electrons. The average molecular weight is 248 g/mol. The highest BCUT2D eigenvalue weighted by molar-refractivity contribution is 7.09. The number of aromatic nitrogens is 2. The van der Waals surface area contributed by atoms with Gasteiger partial charge in [0.05, 0.1) is 0 Å². The van der Waals surface area contributed by atoms with Crippen LogP contribution in [0.2, 0.25) is 0 Å². The number of nitrogens with zero attached hydrogens (tertiary/aromatic N) is 2. The van der Waals surface area contributed by atoms with E-state index in [9.17, 15) is 4.79 Å². The van der Waals surface area contributed by atoms with Crippen molar-refractivity contribution in [2.24, 2.45) is 5.73 Å². The predicted octanol–water partition coefficient (Wildman–Crippen LogP) is 1.56. The first kappa shape index (κ1) is 11.7. The number of hydrogen-bond donors (Lipinski definition) is 2. The summed E-state index contributed by atoms with van der Waals surface area (Å²) in [7, 11) is 0. The third-order valence-electron chi connectivity index (χ3n) is 2.11. The Balaban J connectivity index is 2.11. The fourth-order valence-electron chi connectivity index (χ4n) is 1.33. The number of anilines is 1.